The molecule has 1 N–H and O–H groups in total. The van der Waals surface area contributed by atoms with Crippen LogP contribution in [0.1, 0.15) is 39.0 Å². The van der Waals surface area contributed by atoms with Crippen molar-refractivity contribution in [1.29, 1.82) is 0 Å². The first kappa shape index (κ1) is 9.40. The Labute approximate surface area is 82.3 Å². The van der Waals surface area contributed by atoms with Crippen molar-refractivity contribution in [2.45, 2.75) is 38.9 Å². The zero-order valence-corrected chi connectivity index (χ0v) is 8.84. The molecule has 0 unspecified atom stereocenters. The molecule has 1 aromatic heterocycles. The molecule has 0 amide bonds. The highest BCUT2D eigenvalue weighted by Crippen LogP contribution is 2.44. The van der Waals surface area contributed by atoms with Crippen molar-refractivity contribution in [1.82, 2.24) is 10.2 Å². The predicted molar refractivity (Wildman–Crippen MR) is 52.0 cm³/mol. The normalized spacial score (nSPS) is 22.0. The number of nitrogens with zero attached hydrogens (tertiary/aromatic N) is 1. The molecule has 2 heterocycles. The Morgan fingerprint density at radius 2 is 1.93 bits per heavy atom. The second kappa shape index (κ2) is 2.45. The van der Waals surface area contributed by atoms with Crippen molar-refractivity contribution >= 4 is 0 Å². The van der Waals surface area contributed by atoms with Crippen LogP contribution in [0.3, 0.4) is 0 Å². The molecule has 4 heteroatoms. The topological polar surface area (TPSA) is 55.0 Å². The molecule has 0 saturated carbocycles. The Morgan fingerprint density at radius 3 is 2.57 bits per heavy atom. The minimum absolute atomic E-state index is 0.182. The van der Waals surface area contributed by atoms with Crippen LogP contribution < -0.4 is 5.56 Å². The number of hydrogen-bond acceptors (Lipinski definition) is 3. The molecule has 0 fully saturated rings. The van der Waals surface area contributed by atoms with Gasteiger partial charge in [-0.05, 0) is 27.7 Å². The van der Waals surface area contributed by atoms with E-state index in [1.807, 2.05) is 27.7 Å². The van der Waals surface area contributed by atoms with Crippen LogP contribution in [0.2, 0.25) is 0 Å². The second-order valence-electron chi connectivity index (χ2n) is 4.62. The van der Waals surface area contributed by atoms with Gasteiger partial charge in [0.05, 0.1) is 11.3 Å². The molecule has 0 saturated heterocycles. The van der Waals surface area contributed by atoms with E-state index in [1.165, 1.54) is 0 Å². The SMILES string of the molecule is CC1(C)OC(C)(C)c2n[nH]c(=O)cc21. The largest absolute Gasteiger partial charge is 0.359 e. The van der Waals surface area contributed by atoms with Crippen molar-refractivity contribution in [2.75, 3.05) is 0 Å². The van der Waals surface area contributed by atoms with Gasteiger partial charge in [-0.15, -0.1) is 0 Å². The molecular formula is C10H14N2O2. The van der Waals surface area contributed by atoms with Crippen molar-refractivity contribution < 1.29 is 4.74 Å². The van der Waals surface area contributed by atoms with E-state index in [9.17, 15) is 4.79 Å². The lowest BCUT2D eigenvalue weighted by atomic mass is 9.96. The van der Waals surface area contributed by atoms with Crippen LogP contribution in [0.25, 0.3) is 0 Å². The van der Waals surface area contributed by atoms with Crippen LogP contribution in [0.4, 0.5) is 0 Å². The van der Waals surface area contributed by atoms with E-state index in [0.717, 1.165) is 11.3 Å². The number of aromatic amines is 1. The molecular weight excluding hydrogens is 180 g/mol. The molecule has 14 heavy (non-hydrogen) atoms. The molecule has 0 atom stereocenters. The molecule has 0 radical (unpaired) electrons. The molecule has 76 valence electrons. The maximum absolute atomic E-state index is 11.2. The van der Waals surface area contributed by atoms with Gasteiger partial charge in [0.25, 0.3) is 5.56 Å². The van der Waals surface area contributed by atoms with Gasteiger partial charge < -0.3 is 4.74 Å². The summed E-state index contributed by atoms with van der Waals surface area (Å²) in [6, 6.07) is 1.57. The number of H-pyrrole nitrogens is 1. The third kappa shape index (κ3) is 1.18. The lowest BCUT2D eigenvalue weighted by molar-refractivity contribution is -0.106. The van der Waals surface area contributed by atoms with Crippen molar-refractivity contribution in [2.24, 2.45) is 0 Å². The summed E-state index contributed by atoms with van der Waals surface area (Å²) in [6.45, 7) is 7.79. The van der Waals surface area contributed by atoms with Crippen molar-refractivity contribution in [3.63, 3.8) is 0 Å². The lowest BCUT2D eigenvalue weighted by Crippen LogP contribution is -2.22. The zero-order chi connectivity index (χ0) is 10.6. The van der Waals surface area contributed by atoms with Gasteiger partial charge in [-0.2, -0.15) is 5.10 Å². The first-order valence-electron chi connectivity index (χ1n) is 4.64. The predicted octanol–water partition coefficient (Wildman–Crippen LogP) is 1.27. The highest BCUT2D eigenvalue weighted by molar-refractivity contribution is 5.32. The highest BCUT2D eigenvalue weighted by atomic mass is 16.5. The minimum atomic E-state index is -0.430. The lowest BCUT2D eigenvalue weighted by Gasteiger charge is -2.23. The molecule has 0 aliphatic carbocycles. The molecule has 1 aliphatic rings. The Bertz CT molecular complexity index is 432. The van der Waals surface area contributed by atoms with Gasteiger partial charge in [0.2, 0.25) is 0 Å². The standard InChI is InChI=1S/C10H14N2O2/c1-9(2)6-5-7(13)11-12-8(6)10(3,4)14-9/h5H,1-4H3,(H,11,13). The fraction of sp³-hybridized carbons (Fsp3) is 0.600. The molecule has 4 nitrogen and oxygen atoms in total. The molecule has 1 aromatic rings. The van der Waals surface area contributed by atoms with Crippen LogP contribution >= 0.6 is 0 Å². The third-order valence-electron chi connectivity index (χ3n) is 2.54. The van der Waals surface area contributed by atoms with E-state index >= 15 is 0 Å². The summed E-state index contributed by atoms with van der Waals surface area (Å²) in [7, 11) is 0. The Kier molecular flexibility index (Phi) is 1.64. The van der Waals surface area contributed by atoms with Gasteiger partial charge in [0.15, 0.2) is 0 Å². The summed E-state index contributed by atoms with van der Waals surface area (Å²) in [4.78, 5) is 11.2. The Hall–Kier alpha value is -1.16. The summed E-state index contributed by atoms with van der Waals surface area (Å²) in [5, 5.41) is 6.48. The molecule has 2 rings (SSSR count). The van der Waals surface area contributed by atoms with E-state index < -0.39 is 11.2 Å². The minimum Gasteiger partial charge on any atom is -0.359 e. The number of nitrogens with one attached hydrogen (secondary N) is 1. The van der Waals surface area contributed by atoms with Gasteiger partial charge in [-0.3, -0.25) is 4.79 Å². The van der Waals surface area contributed by atoms with Crippen LogP contribution in [0.15, 0.2) is 10.9 Å². The molecule has 0 spiro atoms. The smallest absolute Gasteiger partial charge is 0.264 e. The fourth-order valence-corrected chi connectivity index (χ4v) is 2.06. The summed E-state index contributed by atoms with van der Waals surface area (Å²) in [6.07, 6.45) is 0. The zero-order valence-electron chi connectivity index (χ0n) is 8.84. The summed E-state index contributed by atoms with van der Waals surface area (Å²) >= 11 is 0. The number of fused-ring (bicyclic) bond motifs is 1. The average molecular weight is 194 g/mol. The van der Waals surface area contributed by atoms with Crippen LogP contribution in [-0.2, 0) is 15.9 Å². The maximum Gasteiger partial charge on any atom is 0.264 e. The summed E-state index contributed by atoms with van der Waals surface area (Å²) in [5.74, 6) is 0. The van der Waals surface area contributed by atoms with E-state index in [1.54, 1.807) is 6.07 Å². The number of ether oxygens (including phenoxy) is 1. The third-order valence-corrected chi connectivity index (χ3v) is 2.54. The van der Waals surface area contributed by atoms with Crippen molar-refractivity contribution in [3.8, 4) is 0 Å². The van der Waals surface area contributed by atoms with E-state index in [4.69, 9.17) is 4.74 Å². The number of rotatable bonds is 0. The van der Waals surface area contributed by atoms with Crippen LogP contribution in [0.5, 0.6) is 0 Å². The van der Waals surface area contributed by atoms with Gasteiger partial charge in [-0.1, -0.05) is 0 Å². The molecule has 0 bridgehead atoms. The van der Waals surface area contributed by atoms with E-state index in [-0.39, 0.29) is 5.56 Å². The second-order valence-corrected chi connectivity index (χ2v) is 4.62. The maximum atomic E-state index is 11.2. The molecule has 1 aliphatic heterocycles. The van der Waals surface area contributed by atoms with Gasteiger partial charge in [0, 0.05) is 11.6 Å². The van der Waals surface area contributed by atoms with Gasteiger partial charge in [-0.25, -0.2) is 5.10 Å². The van der Waals surface area contributed by atoms with E-state index in [0.29, 0.717) is 0 Å². The summed E-state index contributed by atoms with van der Waals surface area (Å²) in [5.41, 5.74) is 0.662. The fourth-order valence-electron chi connectivity index (χ4n) is 2.06. The summed E-state index contributed by atoms with van der Waals surface area (Å²) < 4.78 is 5.84. The quantitative estimate of drug-likeness (QED) is 0.676. The Morgan fingerprint density at radius 1 is 1.29 bits per heavy atom. The number of hydrogen-bond donors (Lipinski definition) is 1. The van der Waals surface area contributed by atoms with Gasteiger partial charge in [0.1, 0.15) is 5.60 Å². The van der Waals surface area contributed by atoms with E-state index in [2.05, 4.69) is 10.2 Å². The number of aromatic nitrogens is 2. The van der Waals surface area contributed by atoms with Crippen LogP contribution in [-0.4, -0.2) is 10.2 Å². The van der Waals surface area contributed by atoms with Gasteiger partial charge >= 0.3 is 0 Å². The monoisotopic (exact) mass is 194 g/mol. The molecule has 0 aromatic carbocycles. The Balaban J connectivity index is 2.72. The highest BCUT2D eigenvalue weighted by Gasteiger charge is 2.44. The van der Waals surface area contributed by atoms with Crippen molar-refractivity contribution in [3.05, 3.63) is 27.7 Å². The average Bonchev–Trinajstić information content (AvgIpc) is 2.17. The first-order valence-corrected chi connectivity index (χ1v) is 4.64. The first-order chi connectivity index (χ1) is 6.33. The van der Waals surface area contributed by atoms with Crippen LogP contribution in [0, 0.1) is 0 Å².